The van der Waals surface area contributed by atoms with Crippen molar-refractivity contribution in [2.24, 2.45) is 0 Å². The molecule has 1 aliphatic heterocycles. The lowest BCUT2D eigenvalue weighted by molar-refractivity contribution is 0.160. The number of anilines is 2. The van der Waals surface area contributed by atoms with Crippen LogP contribution in [0.1, 0.15) is 38.2 Å². The summed E-state index contributed by atoms with van der Waals surface area (Å²) in [6, 6.07) is 4.40. The maximum atomic E-state index is 8.76. The Hall–Kier alpha value is -1.80. The molecule has 0 spiro atoms. The van der Waals surface area contributed by atoms with Crippen molar-refractivity contribution in [3.63, 3.8) is 0 Å². The van der Waals surface area contributed by atoms with Gasteiger partial charge >= 0.3 is 0 Å². The van der Waals surface area contributed by atoms with E-state index in [0.29, 0.717) is 23.1 Å². The standard InChI is InChI=1S/C15H23N5/c1-12-5-2-3-7-20(12)8-4-6-18-15-14(17)9-13(10-16)11-19-15/h9,11-12H,2-8,17H2,1H3,(H,18,19). The highest BCUT2D eigenvalue weighted by Gasteiger charge is 2.17. The van der Waals surface area contributed by atoms with E-state index in [0.717, 1.165) is 19.5 Å². The molecule has 1 aromatic heterocycles. The number of nitrogens with two attached hydrogens (primary N) is 1. The highest BCUT2D eigenvalue weighted by atomic mass is 15.2. The lowest BCUT2D eigenvalue weighted by Crippen LogP contribution is -2.38. The van der Waals surface area contributed by atoms with Gasteiger partial charge in [0.2, 0.25) is 0 Å². The zero-order valence-corrected chi connectivity index (χ0v) is 12.1. The first-order valence-electron chi connectivity index (χ1n) is 7.34. The number of hydrogen-bond acceptors (Lipinski definition) is 5. The van der Waals surface area contributed by atoms with Crippen LogP contribution in [0.2, 0.25) is 0 Å². The summed E-state index contributed by atoms with van der Waals surface area (Å²) in [6.45, 7) is 5.50. The summed E-state index contributed by atoms with van der Waals surface area (Å²) in [5.41, 5.74) is 6.89. The average molecular weight is 273 g/mol. The molecule has 0 radical (unpaired) electrons. The number of piperidine rings is 1. The van der Waals surface area contributed by atoms with E-state index in [1.807, 2.05) is 6.07 Å². The Morgan fingerprint density at radius 1 is 1.55 bits per heavy atom. The van der Waals surface area contributed by atoms with E-state index >= 15 is 0 Å². The zero-order valence-electron chi connectivity index (χ0n) is 12.1. The van der Waals surface area contributed by atoms with E-state index in [4.69, 9.17) is 11.0 Å². The van der Waals surface area contributed by atoms with Gasteiger partial charge in [0, 0.05) is 25.3 Å². The van der Waals surface area contributed by atoms with Gasteiger partial charge in [0.15, 0.2) is 0 Å². The number of nitrogens with zero attached hydrogens (tertiary/aromatic N) is 3. The Bertz CT molecular complexity index is 480. The number of nitriles is 1. The van der Waals surface area contributed by atoms with Crippen molar-refractivity contribution < 1.29 is 0 Å². The molecule has 2 heterocycles. The van der Waals surface area contributed by atoms with Crippen LogP contribution in [-0.2, 0) is 0 Å². The highest BCUT2D eigenvalue weighted by Crippen LogP contribution is 2.17. The summed E-state index contributed by atoms with van der Waals surface area (Å²) in [4.78, 5) is 6.73. The number of rotatable bonds is 5. The molecule has 1 fully saturated rings. The van der Waals surface area contributed by atoms with Crippen LogP contribution in [0.15, 0.2) is 12.3 Å². The molecule has 0 aromatic carbocycles. The van der Waals surface area contributed by atoms with E-state index in [9.17, 15) is 0 Å². The quantitative estimate of drug-likeness (QED) is 0.804. The fourth-order valence-corrected chi connectivity index (χ4v) is 2.67. The summed E-state index contributed by atoms with van der Waals surface area (Å²) >= 11 is 0. The summed E-state index contributed by atoms with van der Waals surface area (Å²) in [6.07, 6.45) is 6.62. The Morgan fingerprint density at radius 2 is 2.40 bits per heavy atom. The molecule has 1 atom stereocenters. The zero-order chi connectivity index (χ0) is 14.4. The van der Waals surface area contributed by atoms with E-state index in [1.165, 1.54) is 25.8 Å². The first-order chi connectivity index (χ1) is 9.70. The van der Waals surface area contributed by atoms with E-state index in [1.54, 1.807) is 12.3 Å². The Balaban J connectivity index is 1.74. The normalized spacial score (nSPS) is 19.5. The summed E-state index contributed by atoms with van der Waals surface area (Å²) < 4.78 is 0. The van der Waals surface area contributed by atoms with Gasteiger partial charge in [0.05, 0.1) is 11.3 Å². The molecule has 5 heteroatoms. The van der Waals surface area contributed by atoms with Crippen LogP contribution in [0.5, 0.6) is 0 Å². The highest BCUT2D eigenvalue weighted by molar-refractivity contribution is 5.62. The maximum Gasteiger partial charge on any atom is 0.149 e. The predicted molar refractivity (Wildman–Crippen MR) is 81.4 cm³/mol. The minimum atomic E-state index is 0.496. The van der Waals surface area contributed by atoms with Crippen LogP contribution in [0.25, 0.3) is 0 Å². The number of hydrogen-bond donors (Lipinski definition) is 2. The lowest BCUT2D eigenvalue weighted by atomic mass is 10.0. The van der Waals surface area contributed by atoms with Crippen LogP contribution < -0.4 is 11.1 Å². The van der Waals surface area contributed by atoms with Crippen LogP contribution >= 0.6 is 0 Å². The fourth-order valence-electron chi connectivity index (χ4n) is 2.67. The van der Waals surface area contributed by atoms with Gasteiger partial charge in [0.25, 0.3) is 0 Å². The van der Waals surface area contributed by atoms with E-state index < -0.39 is 0 Å². The monoisotopic (exact) mass is 273 g/mol. The Labute approximate surface area is 120 Å². The third kappa shape index (κ3) is 3.84. The van der Waals surface area contributed by atoms with Gasteiger partial charge < -0.3 is 16.0 Å². The van der Waals surface area contributed by atoms with Gasteiger partial charge in [-0.3, -0.25) is 0 Å². The maximum absolute atomic E-state index is 8.76. The Morgan fingerprint density at radius 3 is 3.10 bits per heavy atom. The van der Waals surface area contributed by atoms with Crippen molar-refractivity contribution in [3.8, 4) is 6.07 Å². The molecular weight excluding hydrogens is 250 g/mol. The lowest BCUT2D eigenvalue weighted by Gasteiger charge is -2.33. The molecule has 0 bridgehead atoms. The summed E-state index contributed by atoms with van der Waals surface area (Å²) in [5, 5.41) is 12.0. The second-order valence-electron chi connectivity index (χ2n) is 5.43. The minimum Gasteiger partial charge on any atom is -0.396 e. The van der Waals surface area contributed by atoms with Crippen molar-refractivity contribution in [1.82, 2.24) is 9.88 Å². The first-order valence-corrected chi connectivity index (χ1v) is 7.34. The number of nitrogen functional groups attached to an aromatic ring is 1. The minimum absolute atomic E-state index is 0.496. The largest absolute Gasteiger partial charge is 0.396 e. The fraction of sp³-hybridized carbons (Fsp3) is 0.600. The van der Waals surface area contributed by atoms with Gasteiger partial charge in [-0.25, -0.2) is 4.98 Å². The van der Waals surface area contributed by atoms with Crippen molar-refractivity contribution in [3.05, 3.63) is 17.8 Å². The number of likely N-dealkylation sites (tertiary alicyclic amines) is 1. The second-order valence-corrected chi connectivity index (χ2v) is 5.43. The molecule has 0 saturated carbocycles. The number of pyridine rings is 1. The van der Waals surface area contributed by atoms with Crippen LogP contribution in [0.3, 0.4) is 0 Å². The topological polar surface area (TPSA) is 78.0 Å². The van der Waals surface area contributed by atoms with Crippen LogP contribution in [0, 0.1) is 11.3 Å². The van der Waals surface area contributed by atoms with Crippen LogP contribution in [-0.4, -0.2) is 35.6 Å². The van der Waals surface area contributed by atoms with Crippen molar-refractivity contribution >= 4 is 11.5 Å². The molecular formula is C15H23N5. The number of aromatic nitrogens is 1. The smallest absolute Gasteiger partial charge is 0.149 e. The summed E-state index contributed by atoms with van der Waals surface area (Å²) in [5.74, 6) is 0.677. The van der Waals surface area contributed by atoms with E-state index in [-0.39, 0.29) is 0 Å². The van der Waals surface area contributed by atoms with E-state index in [2.05, 4.69) is 22.1 Å². The molecule has 5 nitrogen and oxygen atoms in total. The van der Waals surface area contributed by atoms with Crippen molar-refractivity contribution in [1.29, 1.82) is 5.26 Å². The third-order valence-corrected chi connectivity index (χ3v) is 3.90. The summed E-state index contributed by atoms with van der Waals surface area (Å²) in [7, 11) is 0. The third-order valence-electron chi connectivity index (χ3n) is 3.90. The molecule has 3 N–H and O–H groups in total. The first kappa shape index (κ1) is 14.6. The van der Waals surface area contributed by atoms with Crippen LogP contribution in [0.4, 0.5) is 11.5 Å². The molecule has 0 amide bonds. The second kappa shape index (κ2) is 7.11. The van der Waals surface area contributed by atoms with Gasteiger partial charge in [-0.1, -0.05) is 6.42 Å². The van der Waals surface area contributed by atoms with Crippen molar-refractivity contribution in [2.75, 3.05) is 30.7 Å². The molecule has 108 valence electrons. The molecule has 1 aromatic rings. The van der Waals surface area contributed by atoms with Crippen molar-refractivity contribution in [2.45, 2.75) is 38.6 Å². The molecule has 0 aliphatic carbocycles. The number of nitrogens with one attached hydrogen (secondary N) is 1. The predicted octanol–water partition coefficient (Wildman–Crippen LogP) is 2.21. The van der Waals surface area contributed by atoms with Gasteiger partial charge in [0.1, 0.15) is 11.9 Å². The van der Waals surface area contributed by atoms with Gasteiger partial charge in [-0.2, -0.15) is 5.26 Å². The van der Waals surface area contributed by atoms with Gasteiger partial charge in [-0.15, -0.1) is 0 Å². The molecule has 20 heavy (non-hydrogen) atoms. The molecule has 2 rings (SSSR count). The van der Waals surface area contributed by atoms with Gasteiger partial charge in [-0.05, 0) is 38.8 Å². The molecule has 1 saturated heterocycles. The Kier molecular flexibility index (Phi) is 5.19. The molecule has 1 unspecified atom stereocenters. The SMILES string of the molecule is CC1CCCCN1CCCNc1ncc(C#N)cc1N. The molecule has 1 aliphatic rings. The average Bonchev–Trinajstić information content (AvgIpc) is 2.46.